The number of imidazole rings is 1. The topological polar surface area (TPSA) is 73.7 Å². The van der Waals surface area contributed by atoms with E-state index in [-0.39, 0.29) is 18.3 Å². The van der Waals surface area contributed by atoms with Crippen molar-refractivity contribution in [1.29, 1.82) is 0 Å². The second-order valence-electron chi connectivity index (χ2n) is 4.25. The summed E-state index contributed by atoms with van der Waals surface area (Å²) in [5, 5.41) is 0. The maximum Gasteiger partial charge on any atom is 0.307 e. The van der Waals surface area contributed by atoms with E-state index in [4.69, 9.17) is 4.74 Å². The smallest absolute Gasteiger partial charge is 0.307 e. The third-order valence-electron chi connectivity index (χ3n) is 2.87. The van der Waals surface area contributed by atoms with Crippen LogP contribution in [0.15, 0.2) is 18.7 Å². The van der Waals surface area contributed by atoms with Crippen LogP contribution < -0.4 is 0 Å². The molecule has 1 heterocycles. The van der Waals surface area contributed by atoms with Gasteiger partial charge in [-0.15, -0.1) is 0 Å². The molecule has 1 aromatic rings. The first kappa shape index (κ1) is 16.2. The minimum atomic E-state index is -0.324. The molecule has 1 rings (SSSR count). The quantitative estimate of drug-likeness (QED) is 0.610. The summed E-state index contributed by atoms with van der Waals surface area (Å²) >= 11 is 0. The van der Waals surface area contributed by atoms with Gasteiger partial charge in [0.1, 0.15) is 0 Å². The largest absolute Gasteiger partial charge is 0.469 e. The van der Waals surface area contributed by atoms with E-state index >= 15 is 0 Å². The molecular weight excluding hydrogens is 262 g/mol. The number of esters is 1. The fourth-order valence-electron chi connectivity index (χ4n) is 1.69. The van der Waals surface area contributed by atoms with Gasteiger partial charge in [-0.3, -0.25) is 9.59 Å². The predicted molar refractivity (Wildman–Crippen MR) is 71.9 cm³/mol. The van der Waals surface area contributed by atoms with E-state index in [1.807, 2.05) is 4.57 Å². The van der Waals surface area contributed by atoms with Crippen LogP contribution in [-0.2, 0) is 25.6 Å². The van der Waals surface area contributed by atoms with Crippen LogP contribution in [-0.4, -0.2) is 60.2 Å². The number of carbonyl (C=O) groups excluding carboxylic acids is 2. The number of ether oxygens (including phenoxy) is 2. The van der Waals surface area contributed by atoms with Crippen LogP contribution in [0.3, 0.4) is 0 Å². The predicted octanol–water partition coefficient (Wildman–Crippen LogP) is 0.311. The average Bonchev–Trinajstić information content (AvgIpc) is 2.97. The van der Waals surface area contributed by atoms with Crippen molar-refractivity contribution in [1.82, 2.24) is 14.5 Å². The van der Waals surface area contributed by atoms with Gasteiger partial charge in [-0.2, -0.15) is 0 Å². The third-order valence-corrected chi connectivity index (χ3v) is 2.87. The molecule has 0 atom stereocenters. The van der Waals surface area contributed by atoms with Crippen LogP contribution in [0.25, 0.3) is 0 Å². The number of hydrogen-bond donors (Lipinski definition) is 0. The Morgan fingerprint density at radius 3 is 2.65 bits per heavy atom. The Bertz CT molecular complexity index is 406. The van der Waals surface area contributed by atoms with Gasteiger partial charge in [-0.25, -0.2) is 4.98 Å². The molecule has 0 saturated heterocycles. The first-order valence-electron chi connectivity index (χ1n) is 6.46. The Morgan fingerprint density at radius 1 is 1.25 bits per heavy atom. The molecule has 0 aliphatic carbocycles. The van der Waals surface area contributed by atoms with Crippen LogP contribution in [0, 0.1) is 0 Å². The van der Waals surface area contributed by atoms with Gasteiger partial charge in [0.2, 0.25) is 5.91 Å². The number of aryl methyl sites for hydroxylation is 1. The van der Waals surface area contributed by atoms with E-state index in [2.05, 4.69) is 9.72 Å². The number of aromatic nitrogens is 2. The van der Waals surface area contributed by atoms with Crippen molar-refractivity contribution in [3.63, 3.8) is 0 Å². The summed E-state index contributed by atoms with van der Waals surface area (Å²) < 4.78 is 11.4. The number of hydrogen-bond acceptors (Lipinski definition) is 5. The standard InChI is InChI=1S/C13H21N3O4/c1-19-10-9-16(7-4-13(18)20-2)12(17)3-6-15-8-5-14-11-15/h5,8,11H,3-4,6-7,9-10H2,1-2H3. The van der Waals surface area contributed by atoms with Gasteiger partial charge in [-0.05, 0) is 0 Å². The molecule has 1 aromatic heterocycles. The van der Waals surface area contributed by atoms with Crippen LogP contribution in [0.4, 0.5) is 0 Å². The summed E-state index contributed by atoms with van der Waals surface area (Å²) in [6.07, 6.45) is 5.70. The number of rotatable bonds is 9. The lowest BCUT2D eigenvalue weighted by molar-refractivity contribution is -0.142. The maximum atomic E-state index is 12.1. The molecule has 0 aromatic carbocycles. The second kappa shape index (κ2) is 9.08. The monoisotopic (exact) mass is 283 g/mol. The summed E-state index contributed by atoms with van der Waals surface area (Å²) in [7, 11) is 2.91. The lowest BCUT2D eigenvalue weighted by atomic mass is 10.3. The number of carbonyl (C=O) groups is 2. The minimum absolute atomic E-state index is 0.0142. The Balaban J connectivity index is 2.43. The normalized spacial score (nSPS) is 10.3. The van der Waals surface area contributed by atoms with E-state index in [0.29, 0.717) is 32.7 Å². The number of amides is 1. The van der Waals surface area contributed by atoms with Gasteiger partial charge >= 0.3 is 5.97 Å². The van der Waals surface area contributed by atoms with Crippen LogP contribution in [0.2, 0.25) is 0 Å². The zero-order valence-electron chi connectivity index (χ0n) is 11.9. The van der Waals surface area contributed by atoms with Crippen LogP contribution in [0.5, 0.6) is 0 Å². The summed E-state index contributed by atoms with van der Waals surface area (Å²) in [6.45, 7) is 1.83. The fraction of sp³-hybridized carbons (Fsp3) is 0.615. The van der Waals surface area contributed by atoms with Crippen LogP contribution in [0.1, 0.15) is 12.8 Å². The highest BCUT2D eigenvalue weighted by atomic mass is 16.5. The van der Waals surface area contributed by atoms with E-state index in [9.17, 15) is 9.59 Å². The molecule has 0 fully saturated rings. The molecule has 0 saturated carbocycles. The molecule has 0 spiro atoms. The first-order valence-corrected chi connectivity index (χ1v) is 6.46. The highest BCUT2D eigenvalue weighted by Crippen LogP contribution is 2.00. The molecule has 20 heavy (non-hydrogen) atoms. The summed E-state index contributed by atoms with van der Waals surface area (Å²) in [5.74, 6) is -0.338. The fourth-order valence-corrected chi connectivity index (χ4v) is 1.69. The minimum Gasteiger partial charge on any atom is -0.469 e. The van der Waals surface area contributed by atoms with Crippen molar-refractivity contribution < 1.29 is 19.1 Å². The van der Waals surface area contributed by atoms with Crippen LogP contribution >= 0.6 is 0 Å². The molecule has 1 amide bonds. The highest BCUT2D eigenvalue weighted by molar-refractivity contribution is 5.77. The highest BCUT2D eigenvalue weighted by Gasteiger charge is 2.14. The van der Waals surface area contributed by atoms with Gasteiger partial charge in [0.15, 0.2) is 0 Å². The molecule has 0 N–H and O–H groups in total. The Morgan fingerprint density at radius 2 is 2.05 bits per heavy atom. The molecule has 0 aliphatic rings. The van der Waals surface area contributed by atoms with Gasteiger partial charge < -0.3 is 18.9 Å². The van der Waals surface area contributed by atoms with Crippen molar-refractivity contribution in [2.45, 2.75) is 19.4 Å². The average molecular weight is 283 g/mol. The molecule has 7 nitrogen and oxygen atoms in total. The molecule has 112 valence electrons. The van der Waals surface area contributed by atoms with Gasteiger partial charge in [0.05, 0.1) is 26.5 Å². The van der Waals surface area contributed by atoms with Gasteiger partial charge in [0, 0.05) is 45.6 Å². The SMILES string of the molecule is COCCN(CCC(=O)OC)C(=O)CCn1ccnc1. The molecule has 0 bridgehead atoms. The second-order valence-corrected chi connectivity index (χ2v) is 4.25. The Kier molecular flexibility index (Phi) is 7.34. The molecule has 0 unspecified atom stereocenters. The summed E-state index contributed by atoms with van der Waals surface area (Å²) in [6, 6.07) is 0. The zero-order chi connectivity index (χ0) is 14.8. The van der Waals surface area contributed by atoms with Crippen molar-refractivity contribution in [3.05, 3.63) is 18.7 Å². The van der Waals surface area contributed by atoms with E-state index in [0.717, 1.165) is 0 Å². The summed E-state index contributed by atoms with van der Waals surface area (Å²) in [5.41, 5.74) is 0. The third kappa shape index (κ3) is 5.83. The van der Waals surface area contributed by atoms with E-state index in [1.54, 1.807) is 30.7 Å². The van der Waals surface area contributed by atoms with Crippen molar-refractivity contribution in [2.75, 3.05) is 33.9 Å². The van der Waals surface area contributed by atoms with Crippen molar-refractivity contribution in [2.24, 2.45) is 0 Å². The lowest BCUT2D eigenvalue weighted by Crippen LogP contribution is -2.36. The zero-order valence-corrected chi connectivity index (χ0v) is 11.9. The van der Waals surface area contributed by atoms with Crippen molar-refractivity contribution in [3.8, 4) is 0 Å². The maximum absolute atomic E-state index is 12.1. The molecular formula is C13H21N3O4. The van der Waals surface area contributed by atoms with E-state index < -0.39 is 0 Å². The van der Waals surface area contributed by atoms with Gasteiger partial charge in [0.25, 0.3) is 0 Å². The van der Waals surface area contributed by atoms with Gasteiger partial charge in [-0.1, -0.05) is 0 Å². The number of nitrogens with zero attached hydrogens (tertiary/aromatic N) is 3. The first-order chi connectivity index (χ1) is 9.67. The molecule has 7 heteroatoms. The lowest BCUT2D eigenvalue weighted by Gasteiger charge is -2.22. The van der Waals surface area contributed by atoms with E-state index in [1.165, 1.54) is 7.11 Å². The Labute approximate surface area is 118 Å². The molecule has 0 radical (unpaired) electrons. The Hall–Kier alpha value is -1.89. The molecule has 0 aliphatic heterocycles. The number of methoxy groups -OCH3 is 2. The summed E-state index contributed by atoms with van der Waals surface area (Å²) in [4.78, 5) is 28.8. The van der Waals surface area contributed by atoms with Crippen molar-refractivity contribution >= 4 is 11.9 Å².